The summed E-state index contributed by atoms with van der Waals surface area (Å²) in [6, 6.07) is 0. The maximum atomic E-state index is 10.8. The molecule has 0 aromatic carbocycles. The number of hydrogen-bond acceptors (Lipinski definition) is 2. The zero-order chi connectivity index (χ0) is 11.5. The third-order valence-corrected chi connectivity index (χ3v) is 2.11. The SMILES string of the molecule is CCC/C=C/COC(CCCC)C(=O)O. The quantitative estimate of drug-likeness (QED) is 0.600. The molecule has 3 nitrogen and oxygen atoms in total. The van der Waals surface area contributed by atoms with E-state index < -0.39 is 12.1 Å². The smallest absolute Gasteiger partial charge is 0.332 e. The molecule has 0 aliphatic rings. The summed E-state index contributed by atoms with van der Waals surface area (Å²) in [5.41, 5.74) is 0. The maximum Gasteiger partial charge on any atom is 0.332 e. The van der Waals surface area contributed by atoms with E-state index in [2.05, 4.69) is 6.92 Å². The molecule has 0 rings (SSSR count). The van der Waals surface area contributed by atoms with Crippen molar-refractivity contribution in [3.05, 3.63) is 12.2 Å². The third kappa shape index (κ3) is 8.18. The number of aliphatic carboxylic acids is 1. The first-order valence-corrected chi connectivity index (χ1v) is 5.71. The molecule has 0 aliphatic carbocycles. The molecule has 1 unspecified atom stereocenters. The fourth-order valence-corrected chi connectivity index (χ4v) is 1.19. The minimum atomic E-state index is -0.854. The van der Waals surface area contributed by atoms with Gasteiger partial charge in [-0.1, -0.05) is 45.3 Å². The van der Waals surface area contributed by atoms with Crippen molar-refractivity contribution in [2.75, 3.05) is 6.61 Å². The Hall–Kier alpha value is -0.830. The number of carboxylic acid groups (broad SMARTS) is 1. The minimum Gasteiger partial charge on any atom is -0.479 e. The summed E-state index contributed by atoms with van der Waals surface area (Å²) in [6.07, 6.45) is 7.91. The van der Waals surface area contributed by atoms with Crippen LogP contribution in [0.3, 0.4) is 0 Å². The number of unbranched alkanes of at least 4 members (excludes halogenated alkanes) is 2. The second-order valence-corrected chi connectivity index (χ2v) is 3.56. The molecule has 3 heteroatoms. The largest absolute Gasteiger partial charge is 0.479 e. The molecule has 0 fully saturated rings. The van der Waals surface area contributed by atoms with Crippen LogP contribution >= 0.6 is 0 Å². The summed E-state index contributed by atoms with van der Waals surface area (Å²) < 4.78 is 5.27. The third-order valence-electron chi connectivity index (χ3n) is 2.11. The summed E-state index contributed by atoms with van der Waals surface area (Å²) in [4.78, 5) is 10.8. The van der Waals surface area contributed by atoms with Gasteiger partial charge in [-0.25, -0.2) is 4.79 Å². The second kappa shape index (κ2) is 9.71. The lowest BCUT2D eigenvalue weighted by molar-refractivity contribution is -0.150. The predicted molar refractivity (Wildman–Crippen MR) is 60.9 cm³/mol. The zero-order valence-corrected chi connectivity index (χ0v) is 9.74. The first-order valence-electron chi connectivity index (χ1n) is 5.71. The molecular formula is C12H22O3. The Labute approximate surface area is 92.1 Å². The van der Waals surface area contributed by atoms with Crippen molar-refractivity contribution in [3.63, 3.8) is 0 Å². The molecule has 0 amide bonds. The van der Waals surface area contributed by atoms with E-state index in [0.29, 0.717) is 13.0 Å². The van der Waals surface area contributed by atoms with Gasteiger partial charge in [-0.3, -0.25) is 0 Å². The van der Waals surface area contributed by atoms with Crippen LogP contribution in [0.1, 0.15) is 46.0 Å². The van der Waals surface area contributed by atoms with Crippen LogP contribution in [0.15, 0.2) is 12.2 Å². The number of carbonyl (C=O) groups is 1. The van der Waals surface area contributed by atoms with Crippen molar-refractivity contribution in [3.8, 4) is 0 Å². The van der Waals surface area contributed by atoms with E-state index >= 15 is 0 Å². The summed E-state index contributed by atoms with van der Waals surface area (Å²) in [5.74, 6) is -0.854. The second-order valence-electron chi connectivity index (χ2n) is 3.56. The molecule has 1 atom stereocenters. The van der Waals surface area contributed by atoms with Gasteiger partial charge in [0.05, 0.1) is 6.61 Å². The van der Waals surface area contributed by atoms with Crippen molar-refractivity contribution in [1.82, 2.24) is 0 Å². The average molecular weight is 214 g/mol. The molecule has 0 aromatic heterocycles. The van der Waals surface area contributed by atoms with Crippen LogP contribution in [-0.4, -0.2) is 23.8 Å². The van der Waals surface area contributed by atoms with Gasteiger partial charge in [0.15, 0.2) is 6.10 Å². The van der Waals surface area contributed by atoms with Gasteiger partial charge < -0.3 is 9.84 Å². The molecule has 0 radical (unpaired) electrons. The Bertz CT molecular complexity index is 187. The standard InChI is InChI=1S/C12H22O3/c1-3-5-7-8-10-15-11(12(13)14)9-6-4-2/h7-8,11H,3-6,9-10H2,1-2H3,(H,13,14)/b8-7+. The molecule has 0 saturated carbocycles. The van der Waals surface area contributed by atoms with Gasteiger partial charge in [-0.05, 0) is 12.8 Å². The normalized spacial score (nSPS) is 13.2. The average Bonchev–Trinajstić information content (AvgIpc) is 2.21. The molecule has 88 valence electrons. The van der Waals surface area contributed by atoms with Crippen molar-refractivity contribution in [2.45, 2.75) is 52.1 Å². The highest BCUT2D eigenvalue weighted by Gasteiger charge is 2.15. The molecule has 0 aliphatic heterocycles. The summed E-state index contributed by atoms with van der Waals surface area (Å²) >= 11 is 0. The predicted octanol–water partition coefficient (Wildman–Crippen LogP) is 3.00. The lowest BCUT2D eigenvalue weighted by Gasteiger charge is -2.11. The molecule has 1 N–H and O–H groups in total. The highest BCUT2D eigenvalue weighted by Crippen LogP contribution is 2.05. The Morgan fingerprint density at radius 3 is 2.60 bits per heavy atom. The van der Waals surface area contributed by atoms with Crippen LogP contribution < -0.4 is 0 Å². The highest BCUT2D eigenvalue weighted by atomic mass is 16.5. The van der Waals surface area contributed by atoms with E-state index in [0.717, 1.165) is 25.7 Å². The highest BCUT2D eigenvalue weighted by molar-refractivity contribution is 5.72. The Morgan fingerprint density at radius 1 is 1.33 bits per heavy atom. The van der Waals surface area contributed by atoms with Crippen LogP contribution in [0.4, 0.5) is 0 Å². The molecule has 15 heavy (non-hydrogen) atoms. The van der Waals surface area contributed by atoms with Gasteiger partial charge >= 0.3 is 5.97 Å². The summed E-state index contributed by atoms with van der Waals surface area (Å²) in [5, 5.41) is 8.85. The van der Waals surface area contributed by atoms with Crippen LogP contribution in [-0.2, 0) is 9.53 Å². The van der Waals surface area contributed by atoms with E-state index in [4.69, 9.17) is 9.84 Å². The van der Waals surface area contributed by atoms with Gasteiger partial charge in [0.25, 0.3) is 0 Å². The first-order chi connectivity index (χ1) is 7.22. The lowest BCUT2D eigenvalue weighted by Crippen LogP contribution is -2.23. The number of allylic oxidation sites excluding steroid dienone is 1. The number of carboxylic acids is 1. The zero-order valence-electron chi connectivity index (χ0n) is 9.74. The van der Waals surface area contributed by atoms with E-state index in [1.807, 2.05) is 19.1 Å². The van der Waals surface area contributed by atoms with Gasteiger partial charge in [0.1, 0.15) is 0 Å². The fourth-order valence-electron chi connectivity index (χ4n) is 1.19. The van der Waals surface area contributed by atoms with E-state index in [9.17, 15) is 4.79 Å². The Balaban J connectivity index is 3.70. The first kappa shape index (κ1) is 14.2. The van der Waals surface area contributed by atoms with Gasteiger partial charge in [-0.15, -0.1) is 0 Å². The van der Waals surface area contributed by atoms with Crippen LogP contribution in [0.25, 0.3) is 0 Å². The van der Waals surface area contributed by atoms with Crippen LogP contribution in [0.5, 0.6) is 0 Å². The topological polar surface area (TPSA) is 46.5 Å². The number of ether oxygens (including phenoxy) is 1. The fraction of sp³-hybridized carbons (Fsp3) is 0.750. The van der Waals surface area contributed by atoms with Crippen molar-refractivity contribution in [2.24, 2.45) is 0 Å². The Kier molecular flexibility index (Phi) is 9.18. The number of hydrogen-bond donors (Lipinski definition) is 1. The summed E-state index contributed by atoms with van der Waals surface area (Å²) in [6.45, 7) is 4.55. The lowest BCUT2D eigenvalue weighted by atomic mass is 10.1. The van der Waals surface area contributed by atoms with Crippen molar-refractivity contribution >= 4 is 5.97 Å². The van der Waals surface area contributed by atoms with Crippen molar-refractivity contribution in [1.29, 1.82) is 0 Å². The van der Waals surface area contributed by atoms with Gasteiger partial charge in [0, 0.05) is 0 Å². The van der Waals surface area contributed by atoms with Gasteiger partial charge in [0.2, 0.25) is 0 Å². The molecule has 0 spiro atoms. The maximum absolute atomic E-state index is 10.8. The van der Waals surface area contributed by atoms with E-state index in [1.165, 1.54) is 0 Å². The molecular weight excluding hydrogens is 192 g/mol. The molecule has 0 bridgehead atoms. The molecule has 0 heterocycles. The minimum absolute atomic E-state index is 0.403. The molecule has 0 saturated heterocycles. The summed E-state index contributed by atoms with van der Waals surface area (Å²) in [7, 11) is 0. The van der Waals surface area contributed by atoms with Gasteiger partial charge in [-0.2, -0.15) is 0 Å². The van der Waals surface area contributed by atoms with E-state index in [-0.39, 0.29) is 0 Å². The van der Waals surface area contributed by atoms with Crippen LogP contribution in [0.2, 0.25) is 0 Å². The number of rotatable bonds is 9. The molecule has 0 aromatic rings. The van der Waals surface area contributed by atoms with Crippen LogP contribution in [0, 0.1) is 0 Å². The van der Waals surface area contributed by atoms with Crippen molar-refractivity contribution < 1.29 is 14.6 Å². The monoisotopic (exact) mass is 214 g/mol. The van der Waals surface area contributed by atoms with E-state index in [1.54, 1.807) is 0 Å². The Morgan fingerprint density at radius 2 is 2.07 bits per heavy atom.